The van der Waals surface area contributed by atoms with Crippen molar-refractivity contribution < 1.29 is 0 Å². The zero-order valence-electron chi connectivity index (χ0n) is 41.9. The van der Waals surface area contributed by atoms with Gasteiger partial charge in [0.25, 0.3) is 0 Å². The van der Waals surface area contributed by atoms with E-state index in [1.807, 2.05) is 0 Å². The summed E-state index contributed by atoms with van der Waals surface area (Å²) in [5.74, 6) is 0. The minimum absolute atomic E-state index is 0.00553. The first kappa shape index (κ1) is 41.0. The number of benzene rings is 9. The van der Waals surface area contributed by atoms with Gasteiger partial charge in [0.05, 0.1) is 0 Å². The maximum atomic E-state index is 2.73. The van der Waals surface area contributed by atoms with E-state index in [4.69, 9.17) is 0 Å². The van der Waals surface area contributed by atoms with Crippen LogP contribution in [0.2, 0.25) is 0 Å². The molecule has 0 aromatic heterocycles. The van der Waals surface area contributed by atoms with E-state index >= 15 is 0 Å². The third-order valence-electron chi connectivity index (χ3n) is 20.0. The van der Waals surface area contributed by atoms with E-state index in [0.29, 0.717) is 0 Å². The van der Waals surface area contributed by atoms with Crippen molar-refractivity contribution in [2.45, 2.75) is 126 Å². The first-order chi connectivity index (χ1) is 34.7. The number of anilines is 3. The number of aryl methyl sites for hydroxylation is 2. The Kier molecular flexibility index (Phi) is 8.10. The molecule has 1 nitrogen and oxygen atoms in total. The monoisotopic (exact) mass is 915 g/mol. The van der Waals surface area contributed by atoms with Crippen molar-refractivity contribution >= 4 is 38.6 Å². The lowest BCUT2D eigenvalue weighted by Gasteiger charge is -2.38. The molecule has 0 unspecified atom stereocenters. The minimum Gasteiger partial charge on any atom is -0.310 e. The Morgan fingerprint density at radius 2 is 0.817 bits per heavy atom. The molecule has 0 aliphatic heterocycles. The fourth-order valence-electron chi connectivity index (χ4n) is 16.5. The van der Waals surface area contributed by atoms with Gasteiger partial charge in [-0.1, -0.05) is 155 Å². The Labute approximate surface area is 419 Å². The van der Waals surface area contributed by atoms with Crippen molar-refractivity contribution in [3.05, 3.63) is 207 Å². The fraction of sp³-hybridized carbons (Fsp3) is 0.286. The van der Waals surface area contributed by atoms with E-state index in [-0.39, 0.29) is 21.7 Å². The molecule has 3 saturated carbocycles. The van der Waals surface area contributed by atoms with Crippen molar-refractivity contribution in [3.63, 3.8) is 0 Å². The molecule has 0 N–H and O–H groups in total. The third-order valence-corrected chi connectivity index (χ3v) is 20.0. The average molecular weight is 916 g/mol. The van der Waals surface area contributed by atoms with Crippen LogP contribution in [0, 0.1) is 13.8 Å². The van der Waals surface area contributed by atoms with Crippen molar-refractivity contribution in [2.75, 3.05) is 4.90 Å². The number of fused-ring (bicyclic) bond motifs is 22. The lowest BCUT2D eigenvalue weighted by molar-refractivity contribution is 0.353. The SMILES string of the molecule is Cc1ccc(N(c2ccc3c(c2)C2(CCCCC2)c2cc4c(cc2-3)C(C)(C)c2ccc3ccccc3c2-4)c2ccc3c(c2)C2(CCCCC2)c2cc4c(cc2-3)C2(CC2)c2ccc3ccccc3c2-4)c(C)c1. The van der Waals surface area contributed by atoms with Crippen LogP contribution >= 0.6 is 0 Å². The van der Waals surface area contributed by atoms with Crippen LogP contribution in [-0.4, -0.2) is 0 Å². The Bertz CT molecular complexity index is 3630. The van der Waals surface area contributed by atoms with E-state index < -0.39 is 0 Å². The molecule has 346 valence electrons. The summed E-state index contributed by atoms with van der Waals surface area (Å²) in [6, 6.07) is 61.1. The van der Waals surface area contributed by atoms with Crippen LogP contribution in [0.1, 0.15) is 147 Å². The second-order valence-electron chi connectivity index (χ2n) is 23.9. The van der Waals surface area contributed by atoms with Crippen LogP contribution in [0.3, 0.4) is 0 Å². The van der Waals surface area contributed by atoms with E-state index in [1.54, 1.807) is 33.4 Å². The molecule has 9 aromatic carbocycles. The standard InChI is InChI=1S/C70H61N/c1-42-19-28-64(43(2)35-42)71(46-22-24-50-52-38-58-54(40-61(52)68(59(50)36-46)29-11-5-12-30-68)65-48-17-9-7-15-44(48)20-26-56(65)67(58,3)4)47-23-25-51-53-39-63-55(41-62(53)69(60(51)37-47)31-13-6-14-32-69)66-49-18-10-8-16-45(49)21-27-57(66)70(63)33-34-70/h7-10,15-28,35-41H,5-6,11-14,29-34H2,1-4H3. The van der Waals surface area contributed by atoms with Gasteiger partial charge in [0, 0.05) is 38.7 Å². The van der Waals surface area contributed by atoms with Gasteiger partial charge in [-0.15, -0.1) is 0 Å². The van der Waals surface area contributed by atoms with Gasteiger partial charge >= 0.3 is 0 Å². The van der Waals surface area contributed by atoms with E-state index in [0.717, 1.165) is 0 Å². The van der Waals surface area contributed by atoms with Gasteiger partial charge in [-0.3, -0.25) is 0 Å². The molecule has 7 aliphatic rings. The highest BCUT2D eigenvalue weighted by molar-refractivity contribution is 6.06. The van der Waals surface area contributed by atoms with Crippen LogP contribution in [0.5, 0.6) is 0 Å². The number of hydrogen-bond acceptors (Lipinski definition) is 1. The number of rotatable bonds is 3. The van der Waals surface area contributed by atoms with Gasteiger partial charge in [-0.2, -0.15) is 0 Å². The van der Waals surface area contributed by atoms with Gasteiger partial charge < -0.3 is 4.90 Å². The smallest absolute Gasteiger partial charge is 0.0490 e. The van der Waals surface area contributed by atoms with Crippen LogP contribution in [0.4, 0.5) is 17.1 Å². The third kappa shape index (κ3) is 5.23. The summed E-state index contributed by atoms with van der Waals surface area (Å²) >= 11 is 0. The minimum atomic E-state index is -0.0763. The maximum absolute atomic E-state index is 2.73. The van der Waals surface area contributed by atoms with Crippen molar-refractivity contribution in [3.8, 4) is 44.5 Å². The van der Waals surface area contributed by atoms with Crippen LogP contribution in [0.25, 0.3) is 66.1 Å². The molecule has 3 fully saturated rings. The van der Waals surface area contributed by atoms with Gasteiger partial charge in [0.15, 0.2) is 0 Å². The molecule has 0 heterocycles. The Morgan fingerprint density at radius 3 is 1.38 bits per heavy atom. The molecule has 16 rings (SSSR count). The van der Waals surface area contributed by atoms with E-state index in [1.165, 1.54) is 182 Å². The van der Waals surface area contributed by atoms with Gasteiger partial charge in [-0.05, 0) is 223 Å². The molecule has 0 amide bonds. The summed E-state index contributed by atoms with van der Waals surface area (Å²) in [4.78, 5) is 2.65. The molecule has 0 saturated heterocycles. The topological polar surface area (TPSA) is 3.24 Å². The molecule has 9 aromatic rings. The summed E-state index contributed by atoms with van der Waals surface area (Å²) in [6.07, 6.45) is 15.1. The van der Waals surface area contributed by atoms with E-state index in [2.05, 4.69) is 184 Å². The number of hydrogen-bond donors (Lipinski definition) is 0. The molecule has 0 bridgehead atoms. The van der Waals surface area contributed by atoms with Crippen LogP contribution < -0.4 is 4.90 Å². The van der Waals surface area contributed by atoms with Crippen molar-refractivity contribution in [1.29, 1.82) is 0 Å². The van der Waals surface area contributed by atoms with Gasteiger partial charge in [-0.25, -0.2) is 0 Å². The summed E-state index contributed by atoms with van der Waals surface area (Å²) in [5, 5.41) is 5.51. The molecule has 3 spiro atoms. The van der Waals surface area contributed by atoms with Gasteiger partial charge in [0.2, 0.25) is 0 Å². The van der Waals surface area contributed by atoms with Crippen molar-refractivity contribution in [2.24, 2.45) is 0 Å². The Morgan fingerprint density at radius 1 is 0.352 bits per heavy atom. The second-order valence-corrected chi connectivity index (χ2v) is 23.9. The summed E-state index contributed by atoms with van der Waals surface area (Å²) in [7, 11) is 0. The number of nitrogens with zero attached hydrogens (tertiary/aromatic N) is 1. The zero-order chi connectivity index (χ0) is 47.2. The van der Waals surface area contributed by atoms with Crippen LogP contribution in [-0.2, 0) is 21.7 Å². The molecule has 7 aliphatic carbocycles. The first-order valence-electron chi connectivity index (χ1n) is 27.3. The zero-order valence-corrected chi connectivity index (χ0v) is 41.9. The lowest BCUT2D eigenvalue weighted by atomic mass is 9.67. The largest absolute Gasteiger partial charge is 0.310 e. The summed E-state index contributed by atoms with van der Waals surface area (Å²) < 4.78 is 0. The highest BCUT2D eigenvalue weighted by atomic mass is 15.1. The highest BCUT2D eigenvalue weighted by Crippen LogP contribution is 2.68. The summed E-state index contributed by atoms with van der Waals surface area (Å²) in [6.45, 7) is 9.48. The molecule has 1 heteroatoms. The molecule has 0 radical (unpaired) electrons. The Balaban J connectivity index is 0.877. The second kappa shape index (κ2) is 14.0. The van der Waals surface area contributed by atoms with Crippen LogP contribution in [0.15, 0.2) is 152 Å². The predicted molar refractivity (Wildman–Crippen MR) is 297 cm³/mol. The molecular weight excluding hydrogens is 855 g/mol. The molecule has 0 atom stereocenters. The first-order valence-corrected chi connectivity index (χ1v) is 27.3. The lowest BCUT2D eigenvalue weighted by Crippen LogP contribution is -2.29. The maximum Gasteiger partial charge on any atom is 0.0490 e. The highest BCUT2D eigenvalue weighted by Gasteiger charge is 2.55. The molecule has 71 heavy (non-hydrogen) atoms. The quantitative estimate of drug-likeness (QED) is 0.171. The van der Waals surface area contributed by atoms with E-state index in [9.17, 15) is 0 Å². The van der Waals surface area contributed by atoms with Crippen molar-refractivity contribution in [1.82, 2.24) is 0 Å². The normalized spacial score (nSPS) is 19.0. The Hall–Kier alpha value is -6.70. The summed E-state index contributed by atoms with van der Waals surface area (Å²) in [5.41, 5.74) is 30.8. The van der Waals surface area contributed by atoms with Gasteiger partial charge in [0.1, 0.15) is 0 Å². The molecular formula is C70H61N. The predicted octanol–water partition coefficient (Wildman–Crippen LogP) is 18.9. The average Bonchev–Trinajstić information content (AvgIpc) is 4.00. The fourth-order valence-corrected chi connectivity index (χ4v) is 16.5.